The lowest BCUT2D eigenvalue weighted by Gasteiger charge is -2.37. The van der Waals surface area contributed by atoms with Gasteiger partial charge in [-0.15, -0.1) is 6.58 Å². The molecule has 1 N–H and O–H groups in total. The number of nitrogens with one attached hydrogen (secondary N) is 1. The Morgan fingerprint density at radius 3 is 2.58 bits per heavy atom. The fourth-order valence-corrected chi connectivity index (χ4v) is 2.97. The van der Waals surface area contributed by atoms with E-state index in [1.807, 2.05) is 0 Å². The number of piperidine rings is 1. The van der Waals surface area contributed by atoms with E-state index in [1.165, 1.54) is 12.4 Å². The van der Waals surface area contributed by atoms with Gasteiger partial charge in [-0.3, -0.25) is 14.6 Å². The lowest BCUT2D eigenvalue weighted by Crippen LogP contribution is -2.47. The lowest BCUT2D eigenvalue weighted by atomic mass is 10.0. The second-order valence-corrected chi connectivity index (χ2v) is 5.86. The van der Waals surface area contributed by atoms with E-state index in [0.717, 1.165) is 0 Å². The summed E-state index contributed by atoms with van der Waals surface area (Å²) in [5.74, 6) is -0.919. The van der Waals surface area contributed by atoms with Crippen LogP contribution in [0.25, 0.3) is 0 Å². The van der Waals surface area contributed by atoms with E-state index in [-0.39, 0.29) is 11.8 Å². The molecule has 2 aliphatic heterocycles. The fourth-order valence-electron chi connectivity index (χ4n) is 2.97. The average molecular weight is 331 g/mol. The molecule has 3 heterocycles. The number of carbonyl (C=O) groups excluding carboxylic acids is 2. The minimum atomic E-state index is -0.512. The van der Waals surface area contributed by atoms with Gasteiger partial charge in [-0.25, -0.2) is 0 Å². The molecule has 0 radical (unpaired) electrons. The summed E-state index contributed by atoms with van der Waals surface area (Å²) >= 11 is 0. The van der Waals surface area contributed by atoms with Crippen LogP contribution in [-0.2, 0) is 9.47 Å². The van der Waals surface area contributed by atoms with E-state index < -0.39 is 5.79 Å². The molecule has 0 unspecified atom stereocenters. The Balaban J connectivity index is 1.65. The molecule has 2 saturated heterocycles. The Morgan fingerprint density at radius 2 is 1.92 bits per heavy atom. The predicted molar refractivity (Wildman–Crippen MR) is 86.5 cm³/mol. The van der Waals surface area contributed by atoms with Crippen molar-refractivity contribution in [3.05, 3.63) is 42.2 Å². The van der Waals surface area contributed by atoms with Crippen molar-refractivity contribution in [1.82, 2.24) is 15.2 Å². The SMILES string of the molecule is C=CCNC(=O)c1cncc(C(=O)N2CCC3(CC2)OCCO3)c1. The lowest BCUT2D eigenvalue weighted by molar-refractivity contribution is -0.181. The maximum absolute atomic E-state index is 12.6. The highest BCUT2D eigenvalue weighted by molar-refractivity contribution is 5.99. The summed E-state index contributed by atoms with van der Waals surface area (Å²) in [5.41, 5.74) is 0.768. The van der Waals surface area contributed by atoms with Gasteiger partial charge in [-0.2, -0.15) is 0 Å². The van der Waals surface area contributed by atoms with E-state index in [9.17, 15) is 9.59 Å². The van der Waals surface area contributed by atoms with Crippen molar-refractivity contribution in [3.63, 3.8) is 0 Å². The molecule has 0 aromatic carbocycles. The van der Waals surface area contributed by atoms with Crippen LogP contribution in [0, 0.1) is 0 Å². The minimum Gasteiger partial charge on any atom is -0.349 e. The standard InChI is InChI=1S/C17H21N3O4/c1-2-5-19-15(21)13-10-14(12-18-11-13)16(22)20-6-3-17(4-7-20)23-8-9-24-17/h2,10-12H,1,3-9H2,(H,19,21). The van der Waals surface area contributed by atoms with Gasteiger partial charge in [0, 0.05) is 44.9 Å². The molecule has 24 heavy (non-hydrogen) atoms. The predicted octanol–water partition coefficient (Wildman–Crippen LogP) is 0.976. The first kappa shape index (κ1) is 16.6. The Labute approximate surface area is 140 Å². The molecule has 7 heteroatoms. The summed E-state index contributed by atoms with van der Waals surface area (Å²) in [7, 11) is 0. The molecule has 1 aromatic heterocycles. The quantitative estimate of drug-likeness (QED) is 0.832. The van der Waals surface area contributed by atoms with E-state index in [1.54, 1.807) is 17.0 Å². The molecular formula is C17H21N3O4. The number of carbonyl (C=O) groups is 2. The molecule has 7 nitrogen and oxygen atoms in total. The highest BCUT2D eigenvalue weighted by atomic mass is 16.7. The van der Waals surface area contributed by atoms with Crippen LogP contribution >= 0.6 is 0 Å². The van der Waals surface area contributed by atoms with Gasteiger partial charge in [-0.1, -0.05) is 6.08 Å². The molecule has 0 aliphatic carbocycles. The Kier molecular flexibility index (Phi) is 4.92. The zero-order valence-corrected chi connectivity index (χ0v) is 13.5. The largest absolute Gasteiger partial charge is 0.349 e. The molecule has 2 aliphatic rings. The topological polar surface area (TPSA) is 80.8 Å². The van der Waals surface area contributed by atoms with Crippen LogP contribution in [0.15, 0.2) is 31.1 Å². The van der Waals surface area contributed by atoms with Gasteiger partial charge in [0.25, 0.3) is 11.8 Å². The first-order valence-corrected chi connectivity index (χ1v) is 8.05. The van der Waals surface area contributed by atoms with Crippen LogP contribution in [0.5, 0.6) is 0 Å². The first-order valence-electron chi connectivity index (χ1n) is 8.05. The van der Waals surface area contributed by atoms with Gasteiger partial charge >= 0.3 is 0 Å². The number of hydrogen-bond donors (Lipinski definition) is 1. The molecule has 0 saturated carbocycles. The van der Waals surface area contributed by atoms with Crippen LogP contribution in [0.1, 0.15) is 33.6 Å². The van der Waals surface area contributed by atoms with Crippen molar-refractivity contribution in [2.45, 2.75) is 18.6 Å². The summed E-state index contributed by atoms with van der Waals surface area (Å²) < 4.78 is 11.3. The smallest absolute Gasteiger partial charge is 0.255 e. The van der Waals surface area contributed by atoms with Crippen molar-refractivity contribution in [2.75, 3.05) is 32.8 Å². The Morgan fingerprint density at radius 1 is 1.25 bits per heavy atom. The van der Waals surface area contributed by atoms with E-state index >= 15 is 0 Å². The molecule has 2 fully saturated rings. The normalized spacial score (nSPS) is 19.2. The zero-order valence-electron chi connectivity index (χ0n) is 13.5. The van der Waals surface area contributed by atoms with Gasteiger partial charge < -0.3 is 19.7 Å². The number of rotatable bonds is 4. The monoisotopic (exact) mass is 331 g/mol. The minimum absolute atomic E-state index is 0.131. The molecule has 1 aromatic rings. The molecule has 0 atom stereocenters. The third-order valence-electron chi connectivity index (χ3n) is 4.28. The van der Waals surface area contributed by atoms with Crippen molar-refractivity contribution in [3.8, 4) is 0 Å². The van der Waals surface area contributed by atoms with Gasteiger partial charge in [0.1, 0.15) is 0 Å². The Bertz CT molecular complexity index is 630. The number of pyridine rings is 1. The molecular weight excluding hydrogens is 310 g/mol. The number of ether oxygens (including phenoxy) is 2. The Hall–Kier alpha value is -2.25. The maximum Gasteiger partial charge on any atom is 0.255 e. The number of amides is 2. The van der Waals surface area contributed by atoms with Crippen LogP contribution in [0.3, 0.4) is 0 Å². The zero-order chi connectivity index (χ0) is 17.0. The van der Waals surface area contributed by atoms with Gasteiger partial charge in [0.15, 0.2) is 5.79 Å². The molecule has 0 bridgehead atoms. The number of hydrogen-bond acceptors (Lipinski definition) is 5. The van der Waals surface area contributed by atoms with Crippen LogP contribution in [0.4, 0.5) is 0 Å². The maximum atomic E-state index is 12.6. The van der Waals surface area contributed by atoms with Gasteiger partial charge in [0.05, 0.1) is 24.3 Å². The second kappa shape index (κ2) is 7.11. The van der Waals surface area contributed by atoms with Crippen molar-refractivity contribution < 1.29 is 19.1 Å². The van der Waals surface area contributed by atoms with E-state index in [4.69, 9.17) is 9.47 Å². The van der Waals surface area contributed by atoms with E-state index in [0.29, 0.717) is 56.8 Å². The fraction of sp³-hybridized carbons (Fsp3) is 0.471. The van der Waals surface area contributed by atoms with Crippen molar-refractivity contribution in [2.24, 2.45) is 0 Å². The summed E-state index contributed by atoms with van der Waals surface area (Å²) in [4.78, 5) is 30.4. The number of likely N-dealkylation sites (tertiary alicyclic amines) is 1. The van der Waals surface area contributed by atoms with Crippen molar-refractivity contribution >= 4 is 11.8 Å². The van der Waals surface area contributed by atoms with Crippen LogP contribution in [0.2, 0.25) is 0 Å². The molecule has 128 valence electrons. The number of nitrogens with zero attached hydrogens (tertiary/aromatic N) is 2. The summed E-state index contributed by atoms with van der Waals surface area (Å²) in [6.45, 7) is 6.26. The average Bonchev–Trinajstić information content (AvgIpc) is 3.08. The molecule has 1 spiro atoms. The first-order chi connectivity index (χ1) is 11.6. The summed E-state index contributed by atoms with van der Waals surface area (Å²) in [6, 6.07) is 1.57. The van der Waals surface area contributed by atoms with Crippen molar-refractivity contribution in [1.29, 1.82) is 0 Å². The van der Waals surface area contributed by atoms with Gasteiger partial charge in [-0.05, 0) is 6.07 Å². The summed E-state index contributed by atoms with van der Waals surface area (Å²) in [5, 5.41) is 2.67. The summed E-state index contributed by atoms with van der Waals surface area (Å²) in [6.07, 6.45) is 5.84. The van der Waals surface area contributed by atoms with Gasteiger partial charge in [0.2, 0.25) is 0 Å². The van der Waals surface area contributed by atoms with Crippen LogP contribution in [-0.4, -0.2) is 60.3 Å². The van der Waals surface area contributed by atoms with E-state index in [2.05, 4.69) is 16.9 Å². The third-order valence-corrected chi connectivity index (χ3v) is 4.28. The number of aromatic nitrogens is 1. The highest BCUT2D eigenvalue weighted by Crippen LogP contribution is 2.31. The second-order valence-electron chi connectivity index (χ2n) is 5.86. The van der Waals surface area contributed by atoms with Crippen LogP contribution < -0.4 is 5.32 Å². The molecule has 2 amide bonds. The molecule has 3 rings (SSSR count). The highest BCUT2D eigenvalue weighted by Gasteiger charge is 2.40. The third kappa shape index (κ3) is 3.47.